The Morgan fingerprint density at radius 3 is 2.13 bits per heavy atom. The van der Waals surface area contributed by atoms with Gasteiger partial charge in [0.2, 0.25) is 0 Å². The fourth-order valence-corrected chi connectivity index (χ4v) is 2.88. The molecule has 2 N–H and O–H groups in total. The predicted molar refractivity (Wildman–Crippen MR) is 92.6 cm³/mol. The van der Waals surface area contributed by atoms with Crippen molar-refractivity contribution in [2.45, 2.75) is 7.43 Å². The van der Waals surface area contributed by atoms with E-state index in [4.69, 9.17) is 5.73 Å². The average Bonchev–Trinajstić information content (AvgIpc) is 3.14. The maximum Gasteiger partial charge on any atom is 0.271 e. The number of hydrogen-bond acceptors (Lipinski definition) is 9. The van der Waals surface area contributed by atoms with E-state index in [9.17, 15) is 10.1 Å². The third-order valence-corrected chi connectivity index (χ3v) is 4.09. The molecule has 0 aliphatic heterocycles. The van der Waals surface area contributed by atoms with Gasteiger partial charge in [-0.25, -0.2) is 0 Å². The second-order valence-electron chi connectivity index (χ2n) is 4.18. The summed E-state index contributed by atoms with van der Waals surface area (Å²) >= 11 is 2.51. The van der Waals surface area contributed by atoms with E-state index in [2.05, 4.69) is 19.2 Å². The predicted octanol–water partition coefficient (Wildman–Crippen LogP) is 3.51. The van der Waals surface area contributed by atoms with Crippen LogP contribution in [0.1, 0.15) is 7.43 Å². The zero-order chi connectivity index (χ0) is 15.5. The Kier molecular flexibility index (Phi) is 5.09. The van der Waals surface area contributed by atoms with Gasteiger partial charge < -0.3 is 5.73 Å². The molecule has 0 radical (unpaired) electrons. The van der Waals surface area contributed by atoms with Crippen molar-refractivity contribution in [1.29, 1.82) is 0 Å². The van der Waals surface area contributed by atoms with Crippen LogP contribution in [0, 0.1) is 10.1 Å². The van der Waals surface area contributed by atoms with Gasteiger partial charge in [-0.05, 0) is 47.3 Å². The van der Waals surface area contributed by atoms with Gasteiger partial charge >= 0.3 is 0 Å². The summed E-state index contributed by atoms with van der Waals surface area (Å²) in [6, 6.07) is 10.1. The van der Waals surface area contributed by atoms with Crippen LogP contribution in [0.5, 0.6) is 0 Å². The molecule has 0 saturated heterocycles. The smallest absolute Gasteiger partial charge is 0.271 e. The highest BCUT2D eigenvalue weighted by Crippen LogP contribution is 2.21. The van der Waals surface area contributed by atoms with Gasteiger partial charge in [0, 0.05) is 17.8 Å². The molecule has 4 rings (SSSR count). The van der Waals surface area contributed by atoms with Gasteiger partial charge in [-0.15, -0.1) is 10.2 Å². The topological polar surface area (TPSA) is 121 Å². The molecule has 0 atom stereocenters. The number of hydrogen-bond donors (Lipinski definition) is 1. The molecule has 10 heteroatoms. The van der Waals surface area contributed by atoms with Crippen LogP contribution >= 0.6 is 23.1 Å². The number of anilines is 1. The van der Waals surface area contributed by atoms with E-state index in [0.29, 0.717) is 5.52 Å². The Balaban J connectivity index is 0.000000162. The minimum atomic E-state index is -0.431. The number of nitrogens with two attached hydrogens (primary N) is 1. The van der Waals surface area contributed by atoms with E-state index in [1.807, 2.05) is 18.2 Å². The number of aromatic nitrogens is 4. The van der Waals surface area contributed by atoms with Gasteiger partial charge in [-0.1, -0.05) is 16.4 Å². The number of non-ortho nitro benzene ring substituents is 1. The summed E-state index contributed by atoms with van der Waals surface area (Å²) in [7, 11) is 0. The SMILES string of the molecule is C.Nc1ccc2nnsc2c1.O=[N+]([O-])c1ccc2nnsc2c1. The van der Waals surface area contributed by atoms with Crippen molar-refractivity contribution in [1.82, 2.24) is 19.2 Å². The minimum Gasteiger partial charge on any atom is -0.399 e. The molecule has 23 heavy (non-hydrogen) atoms. The summed E-state index contributed by atoms with van der Waals surface area (Å²) < 4.78 is 9.23. The lowest BCUT2D eigenvalue weighted by Crippen LogP contribution is -1.85. The molecular weight excluding hydrogens is 336 g/mol. The standard InChI is InChI=1S/C6H3N3O2S.C6H5N3S.CH4/c10-9(11)4-1-2-5-6(3-4)12-8-7-5;7-4-1-2-5-6(3-4)10-9-8-5;/h1-3H;1-3H,7H2;1H4. The van der Waals surface area contributed by atoms with E-state index >= 15 is 0 Å². The number of nitro benzene ring substituents is 1. The summed E-state index contributed by atoms with van der Waals surface area (Å²) in [4.78, 5) is 9.90. The largest absolute Gasteiger partial charge is 0.399 e. The van der Waals surface area contributed by atoms with Crippen molar-refractivity contribution in [3.8, 4) is 0 Å². The highest BCUT2D eigenvalue weighted by molar-refractivity contribution is 7.13. The molecule has 2 heterocycles. The van der Waals surface area contributed by atoms with Crippen LogP contribution in [0.3, 0.4) is 0 Å². The molecule has 0 fully saturated rings. The van der Waals surface area contributed by atoms with E-state index in [0.717, 1.165) is 32.1 Å². The van der Waals surface area contributed by atoms with Gasteiger partial charge in [0.1, 0.15) is 11.0 Å². The quantitative estimate of drug-likeness (QED) is 0.317. The van der Waals surface area contributed by atoms with E-state index < -0.39 is 4.92 Å². The first-order chi connectivity index (χ1) is 10.6. The van der Waals surface area contributed by atoms with Crippen molar-refractivity contribution in [2.24, 2.45) is 0 Å². The third kappa shape index (κ3) is 3.73. The van der Waals surface area contributed by atoms with Crippen LogP contribution < -0.4 is 5.73 Å². The van der Waals surface area contributed by atoms with Crippen molar-refractivity contribution in [3.05, 3.63) is 46.5 Å². The van der Waals surface area contributed by atoms with Crippen molar-refractivity contribution in [3.63, 3.8) is 0 Å². The van der Waals surface area contributed by atoms with Crippen LogP contribution in [0.4, 0.5) is 11.4 Å². The highest BCUT2D eigenvalue weighted by Gasteiger charge is 2.07. The van der Waals surface area contributed by atoms with E-state index in [1.165, 1.54) is 23.7 Å². The molecule has 8 nitrogen and oxygen atoms in total. The Bertz CT molecular complexity index is 952. The molecule has 0 spiro atoms. The Labute approximate surface area is 139 Å². The summed E-state index contributed by atoms with van der Waals surface area (Å²) in [6.45, 7) is 0. The first-order valence-electron chi connectivity index (χ1n) is 5.97. The van der Waals surface area contributed by atoms with Crippen molar-refractivity contribution in [2.75, 3.05) is 5.73 Å². The molecule has 0 unspecified atom stereocenters. The second-order valence-corrected chi connectivity index (χ2v) is 5.75. The zero-order valence-electron chi connectivity index (χ0n) is 10.9. The van der Waals surface area contributed by atoms with Crippen LogP contribution in [0.25, 0.3) is 20.4 Å². The number of nitrogens with zero attached hydrogens (tertiary/aromatic N) is 5. The normalized spacial score (nSPS) is 9.91. The van der Waals surface area contributed by atoms with E-state index in [1.54, 1.807) is 6.07 Å². The molecule has 0 aliphatic rings. The van der Waals surface area contributed by atoms with Crippen LogP contribution in [0.15, 0.2) is 36.4 Å². The molecule has 2 aromatic carbocycles. The number of nitrogen functional groups attached to an aromatic ring is 1. The van der Waals surface area contributed by atoms with Gasteiger partial charge in [-0.2, -0.15) is 0 Å². The lowest BCUT2D eigenvalue weighted by Gasteiger charge is -1.88. The fraction of sp³-hybridized carbons (Fsp3) is 0.0769. The summed E-state index contributed by atoms with van der Waals surface area (Å²) in [5.74, 6) is 0. The Morgan fingerprint density at radius 2 is 1.52 bits per heavy atom. The van der Waals surface area contributed by atoms with Crippen molar-refractivity contribution < 1.29 is 4.92 Å². The maximum absolute atomic E-state index is 10.3. The zero-order valence-corrected chi connectivity index (χ0v) is 12.5. The molecule has 0 bridgehead atoms. The average molecular weight is 348 g/mol. The molecule has 118 valence electrons. The van der Waals surface area contributed by atoms with Crippen LogP contribution in [-0.4, -0.2) is 24.1 Å². The fourth-order valence-electron chi connectivity index (χ4n) is 1.68. The van der Waals surface area contributed by atoms with Gasteiger partial charge in [0.15, 0.2) is 0 Å². The molecule has 4 aromatic rings. The summed E-state index contributed by atoms with van der Waals surface area (Å²) in [5, 5.41) is 18.0. The van der Waals surface area contributed by atoms with Gasteiger partial charge in [0.25, 0.3) is 5.69 Å². The van der Waals surface area contributed by atoms with E-state index in [-0.39, 0.29) is 13.1 Å². The van der Waals surface area contributed by atoms with Gasteiger partial charge in [-0.3, -0.25) is 10.1 Å². The second kappa shape index (κ2) is 7.03. The maximum atomic E-state index is 10.3. The first-order valence-corrected chi connectivity index (χ1v) is 7.52. The monoisotopic (exact) mass is 348 g/mol. The number of rotatable bonds is 1. The molecular formula is C13H12N6O2S2. The molecule has 0 saturated carbocycles. The molecule has 2 aromatic heterocycles. The van der Waals surface area contributed by atoms with Gasteiger partial charge in [0.05, 0.1) is 14.3 Å². The summed E-state index contributed by atoms with van der Waals surface area (Å²) in [5.41, 5.74) is 7.99. The molecule has 0 amide bonds. The van der Waals surface area contributed by atoms with Crippen molar-refractivity contribution >= 4 is 54.9 Å². The lowest BCUT2D eigenvalue weighted by molar-refractivity contribution is -0.384. The first kappa shape index (κ1) is 16.6. The number of benzene rings is 2. The van der Waals surface area contributed by atoms with Crippen LogP contribution in [-0.2, 0) is 0 Å². The Morgan fingerprint density at radius 1 is 0.957 bits per heavy atom. The highest BCUT2D eigenvalue weighted by atomic mass is 32.1. The minimum absolute atomic E-state index is 0. The third-order valence-electron chi connectivity index (χ3n) is 2.71. The summed E-state index contributed by atoms with van der Waals surface area (Å²) in [6.07, 6.45) is 0. The van der Waals surface area contributed by atoms with Crippen LogP contribution in [0.2, 0.25) is 0 Å². The Hall–Kier alpha value is -2.72. The number of nitro groups is 1. The molecule has 0 aliphatic carbocycles. The lowest BCUT2D eigenvalue weighted by atomic mass is 10.3. The number of fused-ring (bicyclic) bond motifs is 2.